The van der Waals surface area contributed by atoms with Gasteiger partial charge in [-0.2, -0.15) is 0 Å². The van der Waals surface area contributed by atoms with E-state index in [0.717, 1.165) is 5.56 Å². The Morgan fingerprint density at radius 1 is 1.14 bits per heavy atom. The highest BCUT2D eigenvalue weighted by atomic mass is 16.6. The van der Waals surface area contributed by atoms with E-state index in [-0.39, 0.29) is 31.1 Å². The molecule has 1 aliphatic heterocycles. The highest BCUT2D eigenvalue weighted by molar-refractivity contribution is 5.66. The van der Waals surface area contributed by atoms with Crippen molar-refractivity contribution in [1.82, 2.24) is 0 Å². The van der Waals surface area contributed by atoms with Crippen molar-refractivity contribution in [3.8, 4) is 0 Å². The van der Waals surface area contributed by atoms with Crippen LogP contribution >= 0.6 is 0 Å². The average molecular weight is 491 g/mol. The van der Waals surface area contributed by atoms with E-state index in [4.69, 9.17) is 13.9 Å². The summed E-state index contributed by atoms with van der Waals surface area (Å²) in [7, 11) is 0. The van der Waals surface area contributed by atoms with Crippen molar-refractivity contribution in [2.75, 3.05) is 0 Å². The molecule has 1 saturated heterocycles. The molecule has 9 nitrogen and oxygen atoms in total. The van der Waals surface area contributed by atoms with Crippen LogP contribution in [0, 0.1) is 22.7 Å². The van der Waals surface area contributed by atoms with Crippen molar-refractivity contribution in [1.29, 1.82) is 0 Å². The van der Waals surface area contributed by atoms with Crippen LogP contribution in [0.25, 0.3) is 0 Å². The average Bonchev–Trinajstić information content (AvgIpc) is 3.21. The molecule has 35 heavy (non-hydrogen) atoms. The van der Waals surface area contributed by atoms with Gasteiger partial charge in [0.2, 0.25) is 0 Å². The Morgan fingerprint density at radius 2 is 1.91 bits per heavy atom. The van der Waals surface area contributed by atoms with Crippen LogP contribution in [0.1, 0.15) is 70.3 Å². The minimum atomic E-state index is -1.49. The highest BCUT2D eigenvalue weighted by Gasteiger charge is 2.81. The number of ether oxygens (including phenoxy) is 2. The fraction of sp³-hybridized carbons (Fsp3) is 0.769. The largest absolute Gasteiger partial charge is 0.462 e. The number of carbonyl (C=O) groups is 1. The molecule has 1 aromatic heterocycles. The predicted octanol–water partition coefficient (Wildman–Crippen LogP) is 1.21. The summed E-state index contributed by atoms with van der Waals surface area (Å²) in [6.45, 7) is 3.32. The maximum Gasteiger partial charge on any atom is 0.335 e. The van der Waals surface area contributed by atoms with Gasteiger partial charge in [-0.25, -0.2) is 4.79 Å². The van der Waals surface area contributed by atoms with Gasteiger partial charge in [0.1, 0.15) is 6.10 Å². The van der Waals surface area contributed by atoms with Gasteiger partial charge in [0.05, 0.1) is 35.1 Å². The maximum absolute atomic E-state index is 12.4. The fourth-order valence-electron chi connectivity index (χ4n) is 9.40. The van der Waals surface area contributed by atoms with Gasteiger partial charge in [0.25, 0.3) is 0 Å². The number of rotatable bonds is 2. The lowest BCUT2D eigenvalue weighted by Crippen LogP contribution is -2.74. The number of hydrogen-bond donors (Lipinski definition) is 4. The van der Waals surface area contributed by atoms with Crippen LogP contribution < -0.4 is 5.63 Å². The second kappa shape index (κ2) is 7.38. The first-order valence-electron chi connectivity index (χ1n) is 12.7. The normalized spacial score (nSPS) is 52.3. The molecule has 4 N–H and O–H groups in total. The lowest BCUT2D eigenvalue weighted by atomic mass is 9.41. The molecule has 192 valence electrons. The molecule has 5 fully saturated rings. The Labute approximate surface area is 203 Å². The zero-order valence-electron chi connectivity index (χ0n) is 20.1. The third-order valence-corrected chi connectivity index (χ3v) is 10.6. The smallest absolute Gasteiger partial charge is 0.335 e. The van der Waals surface area contributed by atoms with E-state index in [9.17, 15) is 30.0 Å². The summed E-state index contributed by atoms with van der Waals surface area (Å²) in [6, 6.07) is 3.15. The van der Waals surface area contributed by atoms with Gasteiger partial charge in [-0.3, -0.25) is 4.79 Å². The molecule has 1 spiro atoms. The molecule has 1 aromatic rings. The molecule has 11 atom stereocenters. The number of fused-ring (bicyclic) bond motifs is 2. The van der Waals surface area contributed by atoms with Crippen LogP contribution in [0.15, 0.2) is 27.6 Å². The molecular weight excluding hydrogens is 456 g/mol. The SMILES string of the molecule is CC(=O)O[C@H]1C[C@@H](O)C[C@@]2(O)CC[C@@H]3[C@@H]4[C@@H](C[C@@]5(C)[C@@H](c6ccc(=O)oc6)CC[C@]35O)O[C@H](O)[C@@]412. The second-order valence-electron chi connectivity index (χ2n) is 11.9. The first-order valence-corrected chi connectivity index (χ1v) is 12.7. The highest BCUT2D eigenvalue weighted by Crippen LogP contribution is 2.74. The summed E-state index contributed by atoms with van der Waals surface area (Å²) in [5.74, 6) is -1.38. The minimum absolute atomic E-state index is 0.0580. The molecule has 4 aliphatic carbocycles. The first-order chi connectivity index (χ1) is 16.5. The quantitative estimate of drug-likeness (QED) is 0.449. The van der Waals surface area contributed by atoms with E-state index in [1.54, 1.807) is 6.07 Å². The maximum atomic E-state index is 12.4. The standard InChI is InChI=1S/C26H34O9/c1-13(27)34-19-9-15(28)10-24(31)7-5-17-21-18(35-22(30)26(19,21)24)11-23(2)16(6-8-25(17,23)32)14-3-4-20(29)33-12-14/h3-4,12,15-19,21-22,28,30-32H,5-11H2,1-2H3/t15-,16-,17-,18-,19+,21-,22+,23+,24+,25+,26+/m1/s1. The molecule has 0 bridgehead atoms. The summed E-state index contributed by atoms with van der Waals surface area (Å²) in [6.07, 6.45) is 0.333. The lowest BCUT2D eigenvalue weighted by Gasteiger charge is -2.66. The topological polar surface area (TPSA) is 147 Å². The summed E-state index contributed by atoms with van der Waals surface area (Å²) < 4.78 is 17.0. The Hall–Kier alpha value is -1.78. The molecule has 6 rings (SSSR count). The molecule has 0 amide bonds. The first kappa shape index (κ1) is 23.6. The van der Waals surface area contributed by atoms with Crippen molar-refractivity contribution >= 4 is 5.97 Å². The predicted molar refractivity (Wildman–Crippen MR) is 120 cm³/mol. The molecular formula is C26H34O9. The summed E-state index contributed by atoms with van der Waals surface area (Å²) in [4.78, 5) is 23.6. The minimum Gasteiger partial charge on any atom is -0.462 e. The Balaban J connectivity index is 1.46. The molecule has 0 radical (unpaired) electrons. The third kappa shape index (κ3) is 2.82. The number of aliphatic hydroxyl groups excluding tert-OH is 2. The Morgan fingerprint density at radius 3 is 2.60 bits per heavy atom. The van der Waals surface area contributed by atoms with Gasteiger partial charge >= 0.3 is 11.6 Å². The monoisotopic (exact) mass is 490 g/mol. The molecule has 2 heterocycles. The van der Waals surface area contributed by atoms with Crippen molar-refractivity contribution < 1.29 is 39.1 Å². The van der Waals surface area contributed by atoms with Crippen LogP contribution in [0.3, 0.4) is 0 Å². The summed E-state index contributed by atoms with van der Waals surface area (Å²) in [5, 5.41) is 46.4. The zero-order chi connectivity index (χ0) is 25.0. The van der Waals surface area contributed by atoms with Crippen LogP contribution in [-0.2, 0) is 14.3 Å². The van der Waals surface area contributed by atoms with Crippen molar-refractivity contribution in [2.45, 2.75) is 101 Å². The van der Waals surface area contributed by atoms with Crippen molar-refractivity contribution in [3.05, 3.63) is 34.4 Å². The molecule has 0 unspecified atom stereocenters. The second-order valence-corrected chi connectivity index (χ2v) is 11.9. The Kier molecular flexibility index (Phi) is 4.98. The fourth-order valence-corrected chi connectivity index (χ4v) is 9.40. The number of aliphatic hydroxyl groups is 4. The number of esters is 1. The zero-order valence-corrected chi connectivity index (χ0v) is 20.1. The van der Waals surface area contributed by atoms with Gasteiger partial charge in [-0.05, 0) is 55.6 Å². The van der Waals surface area contributed by atoms with Crippen molar-refractivity contribution in [2.24, 2.45) is 22.7 Å². The van der Waals surface area contributed by atoms with E-state index < -0.39 is 64.1 Å². The van der Waals surface area contributed by atoms with E-state index in [1.165, 1.54) is 19.3 Å². The third-order valence-electron chi connectivity index (χ3n) is 10.6. The van der Waals surface area contributed by atoms with Gasteiger partial charge < -0.3 is 34.3 Å². The number of carbonyl (C=O) groups excluding carboxylic acids is 1. The van der Waals surface area contributed by atoms with Crippen LogP contribution in [0.4, 0.5) is 0 Å². The molecule has 9 heteroatoms. The van der Waals surface area contributed by atoms with Gasteiger partial charge in [0, 0.05) is 37.2 Å². The Bertz CT molecular complexity index is 1080. The molecule has 4 saturated carbocycles. The number of hydrogen-bond acceptors (Lipinski definition) is 9. The van der Waals surface area contributed by atoms with E-state index >= 15 is 0 Å². The van der Waals surface area contributed by atoms with Crippen LogP contribution in [0.2, 0.25) is 0 Å². The summed E-state index contributed by atoms with van der Waals surface area (Å²) >= 11 is 0. The van der Waals surface area contributed by atoms with Crippen molar-refractivity contribution in [3.63, 3.8) is 0 Å². The lowest BCUT2D eigenvalue weighted by molar-refractivity contribution is -0.304. The van der Waals surface area contributed by atoms with Crippen LogP contribution in [0.5, 0.6) is 0 Å². The van der Waals surface area contributed by atoms with Gasteiger partial charge in [-0.15, -0.1) is 0 Å². The summed E-state index contributed by atoms with van der Waals surface area (Å²) in [5.41, 5.74) is -4.15. The van der Waals surface area contributed by atoms with Gasteiger partial charge in [-0.1, -0.05) is 6.92 Å². The van der Waals surface area contributed by atoms with E-state index in [2.05, 4.69) is 0 Å². The van der Waals surface area contributed by atoms with E-state index in [0.29, 0.717) is 25.7 Å². The molecule has 0 aromatic carbocycles. The van der Waals surface area contributed by atoms with Crippen LogP contribution in [-0.4, -0.2) is 62.2 Å². The van der Waals surface area contributed by atoms with Gasteiger partial charge in [0.15, 0.2) is 6.29 Å². The van der Waals surface area contributed by atoms with E-state index in [1.807, 2.05) is 6.92 Å². The molecule has 5 aliphatic rings.